The minimum Gasteiger partial charge on any atom is -0.309 e. The Balaban J connectivity index is 1.32. The van der Waals surface area contributed by atoms with Crippen molar-refractivity contribution in [2.45, 2.75) is 12.4 Å². The van der Waals surface area contributed by atoms with Crippen LogP contribution in [0.15, 0.2) is 152 Å². The number of fused-ring (bicyclic) bond motifs is 6. The van der Waals surface area contributed by atoms with E-state index in [9.17, 15) is 26.3 Å². The highest BCUT2D eigenvalue weighted by Crippen LogP contribution is 2.49. The topological polar surface area (TPSA) is 129 Å². The van der Waals surface area contributed by atoms with Gasteiger partial charge >= 0.3 is 12.4 Å². The highest BCUT2D eigenvalue weighted by molar-refractivity contribution is 6.12. The van der Waals surface area contributed by atoms with E-state index in [0.29, 0.717) is 78.0 Å². The highest BCUT2D eigenvalue weighted by Gasteiger charge is 2.42. The average molecular weight is 898 g/mol. The highest BCUT2D eigenvalue weighted by atomic mass is 19.4. The molecule has 0 unspecified atom stereocenters. The molecule has 0 aliphatic rings. The summed E-state index contributed by atoms with van der Waals surface area (Å²) in [4.78, 5) is 0. The molecular formula is C55H25F6N7. The Bertz CT molecular complexity index is 3930. The van der Waals surface area contributed by atoms with Crippen molar-refractivity contribution in [3.05, 3.63) is 191 Å². The van der Waals surface area contributed by atoms with Gasteiger partial charge in [0.05, 0.1) is 96.7 Å². The van der Waals surface area contributed by atoms with Crippen LogP contribution in [0.3, 0.4) is 0 Å². The maximum atomic E-state index is 15.3. The van der Waals surface area contributed by atoms with Crippen molar-refractivity contribution < 1.29 is 26.3 Å². The first kappa shape index (κ1) is 42.3. The minimum atomic E-state index is -5.27. The van der Waals surface area contributed by atoms with E-state index in [1.54, 1.807) is 112 Å². The van der Waals surface area contributed by atoms with Gasteiger partial charge in [0.25, 0.3) is 0 Å². The fourth-order valence-corrected chi connectivity index (χ4v) is 9.22. The number of hydrogen-bond donors (Lipinski definition) is 0. The molecule has 68 heavy (non-hydrogen) atoms. The summed E-state index contributed by atoms with van der Waals surface area (Å²) in [5.41, 5.74) is 0.139. The van der Waals surface area contributed by atoms with Crippen LogP contribution >= 0.6 is 0 Å². The SMILES string of the molecule is N#Cc1cc(C#N)cc(-c2ccc3c(c2)c2ccccc2n3-c2cc(-c3c(C(F)(F)F)cccc3C(F)(F)F)c(-n3c4ccccc4c4cc(-c5cc(C#N)cc(C#N)c5)ccc43)cc2C#N)c1. The van der Waals surface area contributed by atoms with Gasteiger partial charge in [-0.1, -0.05) is 54.6 Å². The third kappa shape index (κ3) is 6.90. The monoisotopic (exact) mass is 897 g/mol. The molecule has 0 aliphatic carbocycles. The number of para-hydroxylation sites is 2. The van der Waals surface area contributed by atoms with Gasteiger partial charge < -0.3 is 9.13 Å². The fraction of sp³-hybridized carbons (Fsp3) is 0.0364. The summed E-state index contributed by atoms with van der Waals surface area (Å²) in [6, 6.07) is 48.6. The molecule has 0 spiro atoms. The molecular weight excluding hydrogens is 873 g/mol. The predicted octanol–water partition coefficient (Wildman–Crippen LogP) is 14.3. The number of nitriles is 5. The van der Waals surface area contributed by atoms with Crippen LogP contribution in [0.25, 0.3) is 88.4 Å². The Morgan fingerprint density at radius 2 is 0.765 bits per heavy atom. The van der Waals surface area contributed by atoms with Gasteiger partial charge in [0.15, 0.2) is 0 Å². The molecule has 0 saturated carbocycles. The first-order valence-electron chi connectivity index (χ1n) is 20.6. The summed E-state index contributed by atoms with van der Waals surface area (Å²) in [6.07, 6.45) is -10.5. The summed E-state index contributed by atoms with van der Waals surface area (Å²) in [5.74, 6) is 0. The normalized spacial score (nSPS) is 11.6. The molecule has 2 heterocycles. The summed E-state index contributed by atoms with van der Waals surface area (Å²) in [6.45, 7) is 0. The van der Waals surface area contributed by atoms with Gasteiger partial charge in [-0.2, -0.15) is 52.7 Å². The Morgan fingerprint density at radius 1 is 0.353 bits per heavy atom. The first-order valence-corrected chi connectivity index (χ1v) is 20.6. The number of aromatic nitrogens is 2. The molecule has 10 rings (SSSR count). The second-order valence-corrected chi connectivity index (χ2v) is 15.9. The Morgan fingerprint density at radius 3 is 1.18 bits per heavy atom. The second kappa shape index (κ2) is 15.8. The molecule has 0 N–H and O–H groups in total. The van der Waals surface area contributed by atoms with Crippen LogP contribution in [0, 0.1) is 56.7 Å². The zero-order valence-corrected chi connectivity index (χ0v) is 34.8. The quantitative estimate of drug-likeness (QED) is 0.159. The van der Waals surface area contributed by atoms with Crippen molar-refractivity contribution in [3.8, 4) is 75.1 Å². The number of nitrogens with zero attached hydrogens (tertiary/aromatic N) is 7. The first-order chi connectivity index (χ1) is 32.7. The molecule has 0 atom stereocenters. The minimum absolute atomic E-state index is 0.00210. The van der Waals surface area contributed by atoms with Crippen molar-refractivity contribution in [2.24, 2.45) is 0 Å². The maximum Gasteiger partial charge on any atom is 0.417 e. The lowest BCUT2D eigenvalue weighted by Crippen LogP contribution is -2.15. The molecule has 2 aromatic heterocycles. The lowest BCUT2D eigenvalue weighted by Gasteiger charge is -2.24. The molecule has 0 fully saturated rings. The fourth-order valence-electron chi connectivity index (χ4n) is 9.22. The van der Waals surface area contributed by atoms with Crippen LogP contribution in [0.1, 0.15) is 38.9 Å². The van der Waals surface area contributed by atoms with Crippen LogP contribution in [-0.4, -0.2) is 9.13 Å². The Kier molecular flexibility index (Phi) is 9.85. The van der Waals surface area contributed by atoms with E-state index in [1.807, 2.05) is 6.07 Å². The van der Waals surface area contributed by atoms with Crippen LogP contribution in [0.5, 0.6) is 0 Å². The Hall–Kier alpha value is -9.61. The lowest BCUT2D eigenvalue weighted by molar-refractivity contribution is -0.142. The van der Waals surface area contributed by atoms with Gasteiger partial charge in [-0.15, -0.1) is 0 Å². The number of halogens is 6. The van der Waals surface area contributed by atoms with Crippen molar-refractivity contribution >= 4 is 43.6 Å². The second-order valence-electron chi connectivity index (χ2n) is 15.9. The number of alkyl halides is 6. The number of rotatable bonds is 5. The third-order valence-corrected chi connectivity index (χ3v) is 12.1. The van der Waals surface area contributed by atoms with Crippen molar-refractivity contribution in [3.63, 3.8) is 0 Å². The molecule has 322 valence electrons. The van der Waals surface area contributed by atoms with Gasteiger partial charge in [-0.05, 0) is 119 Å². The molecule has 13 heteroatoms. The van der Waals surface area contributed by atoms with E-state index >= 15 is 26.3 Å². The van der Waals surface area contributed by atoms with Crippen LogP contribution in [0.2, 0.25) is 0 Å². The van der Waals surface area contributed by atoms with Gasteiger partial charge in [-0.25, -0.2) is 0 Å². The average Bonchev–Trinajstić information content (AvgIpc) is 3.86. The maximum absolute atomic E-state index is 15.3. The van der Waals surface area contributed by atoms with Gasteiger partial charge in [0.1, 0.15) is 6.07 Å². The zero-order chi connectivity index (χ0) is 47.6. The summed E-state index contributed by atoms with van der Waals surface area (Å²) >= 11 is 0. The van der Waals surface area contributed by atoms with Crippen LogP contribution in [-0.2, 0) is 12.4 Å². The summed E-state index contributed by atoms with van der Waals surface area (Å²) in [7, 11) is 0. The molecule has 0 saturated heterocycles. The van der Waals surface area contributed by atoms with E-state index in [1.165, 1.54) is 24.3 Å². The predicted molar refractivity (Wildman–Crippen MR) is 245 cm³/mol. The van der Waals surface area contributed by atoms with E-state index in [0.717, 1.165) is 6.07 Å². The Labute approximate surface area is 382 Å². The zero-order valence-electron chi connectivity index (χ0n) is 34.8. The van der Waals surface area contributed by atoms with Crippen molar-refractivity contribution in [1.82, 2.24) is 9.13 Å². The standard InChI is InChI=1S/C55H25F6N7/c56-54(57,58)45-8-5-9-46(55(59,60)61)53(45)44-25-51(67-47-10-3-1-6-40(47)42-22-35(12-14-49(42)67)37-18-31(26-62)16-32(19-37)27-63)39(30-66)24-52(44)68-48-11-4-2-7-41(48)43-23-36(13-15-50(43)68)38-20-33(28-64)17-34(21-38)29-65/h1-25H. The molecule has 0 radical (unpaired) electrons. The molecule has 7 nitrogen and oxygen atoms in total. The number of hydrogen-bond acceptors (Lipinski definition) is 5. The molecule has 10 aromatic rings. The van der Waals surface area contributed by atoms with Gasteiger partial charge in [-0.3, -0.25) is 0 Å². The van der Waals surface area contributed by atoms with Gasteiger partial charge in [0.2, 0.25) is 0 Å². The largest absolute Gasteiger partial charge is 0.417 e. The van der Waals surface area contributed by atoms with Crippen molar-refractivity contribution in [1.29, 1.82) is 26.3 Å². The summed E-state index contributed by atoms with van der Waals surface area (Å²) in [5, 5.41) is 52.2. The smallest absolute Gasteiger partial charge is 0.309 e. The van der Waals surface area contributed by atoms with E-state index in [4.69, 9.17) is 0 Å². The molecule has 0 bridgehead atoms. The summed E-state index contributed by atoms with van der Waals surface area (Å²) < 4.78 is 95.0. The van der Waals surface area contributed by atoms with Crippen LogP contribution < -0.4 is 0 Å². The van der Waals surface area contributed by atoms with E-state index < -0.39 is 34.6 Å². The molecule has 0 amide bonds. The number of benzene rings is 8. The van der Waals surface area contributed by atoms with Crippen LogP contribution in [0.4, 0.5) is 26.3 Å². The van der Waals surface area contributed by atoms with Crippen molar-refractivity contribution in [2.75, 3.05) is 0 Å². The molecule has 8 aromatic carbocycles. The van der Waals surface area contributed by atoms with E-state index in [-0.39, 0.29) is 39.2 Å². The van der Waals surface area contributed by atoms with E-state index in [2.05, 4.69) is 30.3 Å². The third-order valence-electron chi connectivity index (χ3n) is 12.1. The molecule has 0 aliphatic heterocycles. The van der Waals surface area contributed by atoms with Gasteiger partial charge in [0, 0.05) is 32.7 Å². The lowest BCUT2D eigenvalue weighted by atomic mass is 9.90.